The van der Waals surface area contributed by atoms with E-state index in [1.807, 2.05) is 5.32 Å². The molecule has 1 aliphatic carbocycles. The third-order valence-corrected chi connectivity index (χ3v) is 4.29. The van der Waals surface area contributed by atoms with Gasteiger partial charge in [0, 0.05) is 23.2 Å². The van der Waals surface area contributed by atoms with Crippen LogP contribution in [0, 0.1) is 12.8 Å². The van der Waals surface area contributed by atoms with Gasteiger partial charge in [0.2, 0.25) is 5.91 Å². The molecule has 0 bridgehead atoms. The van der Waals surface area contributed by atoms with Gasteiger partial charge in [-0.3, -0.25) is 9.59 Å². The zero-order valence-corrected chi connectivity index (χ0v) is 14.0. The number of aryl methyl sites for hydroxylation is 1. The van der Waals surface area contributed by atoms with E-state index in [0.717, 1.165) is 24.8 Å². The smallest absolute Gasteiger partial charge is 0.343 e. The van der Waals surface area contributed by atoms with Crippen molar-refractivity contribution in [1.82, 2.24) is 5.32 Å². The predicted octanol–water partition coefficient (Wildman–Crippen LogP) is 2.74. The summed E-state index contributed by atoms with van der Waals surface area (Å²) in [6, 6.07) is 4.41. The van der Waals surface area contributed by atoms with Crippen LogP contribution in [-0.2, 0) is 4.79 Å². The normalized spacial score (nSPS) is 20.8. The molecule has 0 aromatic heterocycles. The fraction of sp³-hybridized carbons (Fsp3) is 0.529. The molecule has 25 heavy (non-hydrogen) atoms. The number of carbonyl (C=O) groups is 2. The number of hydrogen-bond acceptors (Lipinski definition) is 3. The van der Waals surface area contributed by atoms with Crippen molar-refractivity contribution < 1.29 is 22.8 Å². The second-order valence-corrected chi connectivity index (χ2v) is 6.44. The molecule has 0 spiro atoms. The molecule has 2 unspecified atom stereocenters. The van der Waals surface area contributed by atoms with Crippen molar-refractivity contribution in [3.63, 3.8) is 0 Å². The highest BCUT2D eigenvalue weighted by molar-refractivity contribution is 5.98. The first-order valence-corrected chi connectivity index (χ1v) is 8.18. The van der Waals surface area contributed by atoms with E-state index in [1.165, 1.54) is 12.1 Å². The first-order chi connectivity index (χ1) is 11.7. The molecular formula is C17H22F3N3O2. The van der Waals surface area contributed by atoms with Crippen LogP contribution in [0.4, 0.5) is 18.9 Å². The van der Waals surface area contributed by atoms with E-state index in [-0.39, 0.29) is 23.4 Å². The molecule has 1 saturated carbocycles. The number of amides is 2. The fourth-order valence-electron chi connectivity index (χ4n) is 2.88. The van der Waals surface area contributed by atoms with E-state index in [1.54, 1.807) is 13.0 Å². The zero-order chi connectivity index (χ0) is 18.6. The van der Waals surface area contributed by atoms with Gasteiger partial charge < -0.3 is 16.4 Å². The van der Waals surface area contributed by atoms with Crippen LogP contribution >= 0.6 is 0 Å². The molecule has 0 heterocycles. The minimum atomic E-state index is -4.48. The molecule has 1 fully saturated rings. The van der Waals surface area contributed by atoms with Gasteiger partial charge in [0.25, 0.3) is 5.91 Å². The Morgan fingerprint density at radius 2 is 2.00 bits per heavy atom. The quantitative estimate of drug-likeness (QED) is 0.775. The summed E-state index contributed by atoms with van der Waals surface area (Å²) >= 11 is 0. The molecule has 8 heteroatoms. The lowest BCUT2D eigenvalue weighted by Gasteiger charge is -2.26. The summed E-state index contributed by atoms with van der Waals surface area (Å²) in [6.45, 7) is 0.348. The van der Waals surface area contributed by atoms with Gasteiger partial charge in [-0.2, -0.15) is 13.2 Å². The number of carbonyl (C=O) groups excluding carboxylic acids is 2. The van der Waals surface area contributed by atoms with Crippen LogP contribution in [0.15, 0.2) is 18.2 Å². The summed E-state index contributed by atoms with van der Waals surface area (Å²) in [6.07, 6.45) is -1.33. The highest BCUT2D eigenvalue weighted by Crippen LogP contribution is 2.26. The van der Waals surface area contributed by atoms with E-state index < -0.39 is 18.6 Å². The lowest BCUT2D eigenvalue weighted by molar-refractivity contribution is -0.123. The molecule has 0 aliphatic heterocycles. The van der Waals surface area contributed by atoms with Crippen LogP contribution < -0.4 is 16.4 Å². The average molecular weight is 357 g/mol. The lowest BCUT2D eigenvalue weighted by Crippen LogP contribution is -2.35. The summed E-state index contributed by atoms with van der Waals surface area (Å²) in [7, 11) is 0. The molecule has 2 amide bonds. The van der Waals surface area contributed by atoms with Gasteiger partial charge in [-0.05, 0) is 43.9 Å². The average Bonchev–Trinajstić information content (AvgIpc) is 2.54. The van der Waals surface area contributed by atoms with Crippen LogP contribution in [0.1, 0.15) is 41.6 Å². The minimum Gasteiger partial charge on any atom is -0.343 e. The summed E-state index contributed by atoms with van der Waals surface area (Å²) in [5, 5.41) is 4.59. The first-order valence-electron chi connectivity index (χ1n) is 8.18. The number of nitrogens with one attached hydrogen (secondary N) is 2. The number of hydrogen-bond donors (Lipinski definition) is 3. The fourth-order valence-corrected chi connectivity index (χ4v) is 2.88. The largest absolute Gasteiger partial charge is 0.405 e. The zero-order valence-electron chi connectivity index (χ0n) is 14.0. The van der Waals surface area contributed by atoms with Crippen LogP contribution in [-0.4, -0.2) is 30.6 Å². The molecule has 0 radical (unpaired) electrons. The van der Waals surface area contributed by atoms with Crippen LogP contribution in [0.3, 0.4) is 0 Å². The molecule has 1 aromatic carbocycles. The Kier molecular flexibility index (Phi) is 6.05. The number of halogens is 3. The number of rotatable bonds is 4. The Labute approximate surface area is 144 Å². The van der Waals surface area contributed by atoms with Gasteiger partial charge in [-0.15, -0.1) is 0 Å². The SMILES string of the molecule is Cc1ccc(C(=O)NCC(F)(F)F)cc1NC(=O)C1CCCC(N)C1. The second kappa shape index (κ2) is 7.86. The van der Waals surface area contributed by atoms with Crippen molar-refractivity contribution in [2.24, 2.45) is 11.7 Å². The molecule has 138 valence electrons. The highest BCUT2D eigenvalue weighted by Gasteiger charge is 2.28. The van der Waals surface area contributed by atoms with E-state index in [2.05, 4.69) is 5.32 Å². The Hall–Kier alpha value is -2.09. The molecule has 0 saturated heterocycles. The Morgan fingerprint density at radius 1 is 1.28 bits per heavy atom. The molecular weight excluding hydrogens is 335 g/mol. The maximum atomic E-state index is 12.4. The first kappa shape index (κ1) is 19.2. The van der Waals surface area contributed by atoms with Crippen LogP contribution in [0.25, 0.3) is 0 Å². The standard InChI is InChI=1S/C17H22F3N3O2/c1-10-5-6-12(15(24)22-9-17(18,19)20)8-14(10)23-16(25)11-3-2-4-13(21)7-11/h5-6,8,11,13H,2-4,7,9,21H2,1H3,(H,22,24)(H,23,25). The lowest BCUT2D eigenvalue weighted by atomic mass is 9.85. The van der Waals surface area contributed by atoms with Gasteiger partial charge in [0.1, 0.15) is 6.54 Å². The maximum absolute atomic E-state index is 12.4. The van der Waals surface area contributed by atoms with Crippen LogP contribution in [0.5, 0.6) is 0 Å². The molecule has 2 atom stereocenters. The monoisotopic (exact) mass is 357 g/mol. The van der Waals surface area contributed by atoms with E-state index in [9.17, 15) is 22.8 Å². The van der Waals surface area contributed by atoms with Crippen LogP contribution in [0.2, 0.25) is 0 Å². The Morgan fingerprint density at radius 3 is 2.64 bits per heavy atom. The van der Waals surface area contributed by atoms with Crippen molar-refractivity contribution >= 4 is 17.5 Å². The van der Waals surface area contributed by atoms with E-state index in [0.29, 0.717) is 12.1 Å². The molecule has 1 aliphatic rings. The number of nitrogens with two attached hydrogens (primary N) is 1. The summed E-state index contributed by atoms with van der Waals surface area (Å²) < 4.78 is 36.6. The molecule has 2 rings (SSSR count). The van der Waals surface area contributed by atoms with Gasteiger partial charge in [-0.25, -0.2) is 0 Å². The Bertz CT molecular complexity index is 647. The summed E-state index contributed by atoms with van der Waals surface area (Å²) in [5.41, 5.74) is 7.10. The van der Waals surface area contributed by atoms with Crippen molar-refractivity contribution in [1.29, 1.82) is 0 Å². The molecule has 4 N–H and O–H groups in total. The van der Waals surface area contributed by atoms with E-state index in [4.69, 9.17) is 5.73 Å². The topological polar surface area (TPSA) is 84.2 Å². The predicted molar refractivity (Wildman–Crippen MR) is 88.1 cm³/mol. The third kappa shape index (κ3) is 5.74. The number of alkyl halides is 3. The van der Waals surface area contributed by atoms with Gasteiger partial charge in [0.05, 0.1) is 0 Å². The van der Waals surface area contributed by atoms with E-state index >= 15 is 0 Å². The maximum Gasteiger partial charge on any atom is 0.405 e. The minimum absolute atomic E-state index is 0.00470. The summed E-state index contributed by atoms with van der Waals surface area (Å²) in [4.78, 5) is 24.2. The molecule has 5 nitrogen and oxygen atoms in total. The number of benzene rings is 1. The van der Waals surface area contributed by atoms with Crippen molar-refractivity contribution in [3.05, 3.63) is 29.3 Å². The third-order valence-electron chi connectivity index (χ3n) is 4.29. The van der Waals surface area contributed by atoms with Crippen molar-refractivity contribution in [3.8, 4) is 0 Å². The van der Waals surface area contributed by atoms with Crippen molar-refractivity contribution in [2.75, 3.05) is 11.9 Å². The molecule has 1 aromatic rings. The van der Waals surface area contributed by atoms with Gasteiger partial charge in [0.15, 0.2) is 0 Å². The summed E-state index contributed by atoms with van der Waals surface area (Å²) in [5.74, 6) is -1.20. The number of anilines is 1. The Balaban J connectivity index is 2.05. The second-order valence-electron chi connectivity index (χ2n) is 6.44. The highest BCUT2D eigenvalue weighted by atomic mass is 19.4. The van der Waals surface area contributed by atoms with Gasteiger partial charge in [-0.1, -0.05) is 12.5 Å². The van der Waals surface area contributed by atoms with Gasteiger partial charge >= 0.3 is 6.18 Å². The van der Waals surface area contributed by atoms with Crippen molar-refractivity contribution in [2.45, 2.75) is 44.8 Å².